The molecular weight excluding hydrogens is 348 g/mol. The summed E-state index contributed by atoms with van der Waals surface area (Å²) in [4.78, 5) is 43.4. The number of aromatic nitrogens is 3. The molecule has 0 atom stereocenters. The smallest absolute Gasteiger partial charge is 0.332 e. The highest BCUT2D eigenvalue weighted by molar-refractivity contribution is 5.94. The van der Waals surface area contributed by atoms with Gasteiger partial charge in [0, 0.05) is 20.1 Å². The van der Waals surface area contributed by atoms with Crippen molar-refractivity contribution in [3.8, 4) is 0 Å². The number of carbonyl (C=O) groups is 1. The molecule has 0 radical (unpaired) electrons. The van der Waals surface area contributed by atoms with Gasteiger partial charge in [0.15, 0.2) is 0 Å². The van der Waals surface area contributed by atoms with Gasteiger partial charge in [-0.05, 0) is 45.0 Å². The monoisotopic (exact) mass is 370 g/mol. The van der Waals surface area contributed by atoms with Gasteiger partial charge in [0.05, 0.1) is 11.9 Å². The average Bonchev–Trinajstić information content (AvgIpc) is 3.06. The molecule has 0 aromatic carbocycles. The van der Waals surface area contributed by atoms with E-state index < -0.39 is 11.2 Å². The number of amides is 1. The molecule has 8 nitrogen and oxygen atoms in total. The lowest BCUT2D eigenvalue weighted by atomic mass is 10.2. The van der Waals surface area contributed by atoms with Crippen molar-refractivity contribution in [1.29, 1.82) is 0 Å². The highest BCUT2D eigenvalue weighted by Gasteiger charge is 2.22. The number of hydrogen-bond donors (Lipinski definition) is 0. The maximum atomic E-state index is 13.0. The molecule has 0 aliphatic carbocycles. The van der Waals surface area contributed by atoms with Gasteiger partial charge >= 0.3 is 5.69 Å². The van der Waals surface area contributed by atoms with Crippen molar-refractivity contribution < 1.29 is 9.21 Å². The fourth-order valence-electron chi connectivity index (χ4n) is 2.95. The molecule has 3 rings (SSSR count). The third-order valence-electron chi connectivity index (χ3n) is 4.53. The van der Waals surface area contributed by atoms with Crippen LogP contribution in [-0.2, 0) is 20.6 Å². The van der Waals surface area contributed by atoms with E-state index in [1.54, 1.807) is 4.90 Å². The number of furan rings is 1. The van der Waals surface area contributed by atoms with Crippen molar-refractivity contribution in [1.82, 2.24) is 19.0 Å². The lowest BCUT2D eigenvalue weighted by Crippen LogP contribution is -2.39. The van der Waals surface area contributed by atoms with Crippen molar-refractivity contribution >= 4 is 16.9 Å². The third-order valence-corrected chi connectivity index (χ3v) is 4.53. The predicted molar refractivity (Wildman–Crippen MR) is 101 cm³/mol. The molecule has 3 aromatic heterocycles. The Bertz CT molecular complexity index is 1140. The van der Waals surface area contributed by atoms with Crippen LogP contribution in [0, 0.1) is 6.92 Å². The van der Waals surface area contributed by atoms with E-state index in [4.69, 9.17) is 4.42 Å². The van der Waals surface area contributed by atoms with Crippen LogP contribution >= 0.6 is 0 Å². The van der Waals surface area contributed by atoms with Gasteiger partial charge in [0.25, 0.3) is 11.5 Å². The van der Waals surface area contributed by atoms with E-state index in [1.807, 2.05) is 32.9 Å². The number of hydrogen-bond acceptors (Lipinski definition) is 5. The molecular formula is C19H22N4O4. The SMILES string of the molecule is Cc1ccc(CN(C(=O)c2ccc3c(=O)n(C)c(=O)n(C)c3n2)C(C)C)o1. The summed E-state index contributed by atoms with van der Waals surface area (Å²) < 4.78 is 7.87. The summed E-state index contributed by atoms with van der Waals surface area (Å²) in [5.74, 6) is 1.15. The van der Waals surface area contributed by atoms with Gasteiger partial charge in [0.2, 0.25) is 0 Å². The maximum absolute atomic E-state index is 13.0. The normalized spacial score (nSPS) is 11.3. The summed E-state index contributed by atoms with van der Waals surface area (Å²) in [7, 11) is 2.94. The zero-order valence-electron chi connectivity index (χ0n) is 16.0. The molecule has 3 heterocycles. The van der Waals surface area contributed by atoms with E-state index in [0.29, 0.717) is 12.3 Å². The van der Waals surface area contributed by atoms with Gasteiger partial charge in [-0.1, -0.05) is 0 Å². The molecule has 0 saturated carbocycles. The van der Waals surface area contributed by atoms with Crippen LogP contribution in [0.25, 0.3) is 11.0 Å². The van der Waals surface area contributed by atoms with Gasteiger partial charge in [-0.2, -0.15) is 0 Å². The Morgan fingerprint density at radius 3 is 2.44 bits per heavy atom. The number of aryl methyl sites for hydroxylation is 2. The Kier molecular flexibility index (Phi) is 4.73. The zero-order chi connectivity index (χ0) is 19.9. The first kappa shape index (κ1) is 18.6. The molecule has 0 aliphatic heterocycles. The molecule has 0 aliphatic rings. The number of fused-ring (bicyclic) bond motifs is 1. The van der Waals surface area contributed by atoms with Crippen LogP contribution in [0.2, 0.25) is 0 Å². The molecule has 0 unspecified atom stereocenters. The molecule has 0 bridgehead atoms. The van der Waals surface area contributed by atoms with Crippen molar-refractivity contribution in [2.75, 3.05) is 0 Å². The molecule has 142 valence electrons. The lowest BCUT2D eigenvalue weighted by molar-refractivity contribution is 0.0669. The summed E-state index contributed by atoms with van der Waals surface area (Å²) in [6.45, 7) is 5.96. The van der Waals surface area contributed by atoms with E-state index in [1.165, 1.54) is 30.8 Å². The average molecular weight is 370 g/mol. The molecule has 27 heavy (non-hydrogen) atoms. The first-order chi connectivity index (χ1) is 12.7. The molecule has 0 saturated heterocycles. The minimum absolute atomic E-state index is 0.0899. The highest BCUT2D eigenvalue weighted by Crippen LogP contribution is 2.16. The molecule has 0 N–H and O–H groups in total. The second-order valence-electron chi connectivity index (χ2n) is 6.81. The lowest BCUT2D eigenvalue weighted by Gasteiger charge is -2.25. The molecule has 0 fully saturated rings. The van der Waals surface area contributed by atoms with Gasteiger partial charge in [-0.3, -0.25) is 18.7 Å². The van der Waals surface area contributed by atoms with Gasteiger partial charge in [0.1, 0.15) is 22.9 Å². The van der Waals surface area contributed by atoms with Crippen molar-refractivity contribution in [3.63, 3.8) is 0 Å². The minimum Gasteiger partial charge on any atom is -0.464 e. The zero-order valence-corrected chi connectivity index (χ0v) is 16.0. The first-order valence-electron chi connectivity index (χ1n) is 8.63. The first-order valence-corrected chi connectivity index (χ1v) is 8.63. The van der Waals surface area contributed by atoms with Gasteiger partial charge in [-0.25, -0.2) is 9.78 Å². The van der Waals surface area contributed by atoms with Crippen LogP contribution in [0.4, 0.5) is 0 Å². The maximum Gasteiger partial charge on any atom is 0.332 e. The number of pyridine rings is 1. The summed E-state index contributed by atoms with van der Waals surface area (Å²) in [5.41, 5.74) is -0.572. The van der Waals surface area contributed by atoms with E-state index in [0.717, 1.165) is 10.3 Å². The fourth-order valence-corrected chi connectivity index (χ4v) is 2.95. The Balaban J connectivity index is 2.05. The van der Waals surface area contributed by atoms with E-state index in [9.17, 15) is 14.4 Å². The van der Waals surface area contributed by atoms with Gasteiger partial charge in [-0.15, -0.1) is 0 Å². The Morgan fingerprint density at radius 2 is 1.85 bits per heavy atom. The molecule has 0 spiro atoms. The highest BCUT2D eigenvalue weighted by atomic mass is 16.3. The van der Waals surface area contributed by atoms with Crippen LogP contribution in [0.15, 0.2) is 38.3 Å². The second-order valence-corrected chi connectivity index (χ2v) is 6.81. The van der Waals surface area contributed by atoms with E-state index >= 15 is 0 Å². The summed E-state index contributed by atoms with van der Waals surface area (Å²) in [5, 5.41) is 0.286. The van der Waals surface area contributed by atoms with Crippen molar-refractivity contribution in [2.24, 2.45) is 14.1 Å². The summed E-state index contributed by atoms with van der Waals surface area (Å²) in [6.07, 6.45) is 0. The van der Waals surface area contributed by atoms with Crippen molar-refractivity contribution in [2.45, 2.75) is 33.4 Å². The fraction of sp³-hybridized carbons (Fsp3) is 0.368. The standard InChI is InChI=1S/C19H22N4O4/c1-11(2)23(10-13-7-6-12(3)27-13)18(25)15-9-8-14-16(20-15)21(4)19(26)22(5)17(14)24/h6-9,11H,10H2,1-5H3. The van der Waals surface area contributed by atoms with Gasteiger partial charge < -0.3 is 9.32 Å². The summed E-state index contributed by atoms with van der Waals surface area (Å²) >= 11 is 0. The molecule has 3 aromatic rings. The second kappa shape index (κ2) is 6.86. The van der Waals surface area contributed by atoms with E-state index in [2.05, 4.69) is 4.98 Å². The number of nitrogens with zero attached hydrogens (tertiary/aromatic N) is 4. The summed E-state index contributed by atoms with van der Waals surface area (Å²) in [6, 6.07) is 6.64. The molecule has 8 heteroatoms. The largest absolute Gasteiger partial charge is 0.464 e. The number of carbonyl (C=O) groups excluding carboxylic acids is 1. The Labute approximate surface area is 155 Å². The predicted octanol–water partition coefficient (Wildman–Crippen LogP) is 1.58. The minimum atomic E-state index is -0.489. The third kappa shape index (κ3) is 3.30. The quantitative estimate of drug-likeness (QED) is 0.696. The van der Waals surface area contributed by atoms with Crippen LogP contribution < -0.4 is 11.2 Å². The topological polar surface area (TPSA) is 90.3 Å². The van der Waals surface area contributed by atoms with Crippen molar-refractivity contribution in [3.05, 3.63) is 62.3 Å². The van der Waals surface area contributed by atoms with E-state index in [-0.39, 0.29) is 28.7 Å². The van der Waals surface area contributed by atoms with Crippen LogP contribution in [0.5, 0.6) is 0 Å². The Morgan fingerprint density at radius 1 is 1.15 bits per heavy atom. The van der Waals surface area contributed by atoms with Crippen LogP contribution in [-0.4, -0.2) is 31.0 Å². The van der Waals surface area contributed by atoms with Crippen LogP contribution in [0.3, 0.4) is 0 Å². The number of rotatable bonds is 4. The Hall–Kier alpha value is -3.16. The van der Waals surface area contributed by atoms with Crippen LogP contribution in [0.1, 0.15) is 35.9 Å². The molecule has 1 amide bonds.